The number of ether oxygens (including phenoxy) is 6. The fourth-order valence-corrected chi connectivity index (χ4v) is 14.4. The van der Waals surface area contributed by atoms with Crippen LogP contribution in [-0.2, 0) is 14.2 Å². The van der Waals surface area contributed by atoms with Gasteiger partial charge in [-0.2, -0.15) is 0 Å². The minimum atomic E-state index is -6.24. The Balaban J connectivity index is 0.000000265. The van der Waals surface area contributed by atoms with Crippen LogP contribution >= 0.6 is 46.4 Å². The van der Waals surface area contributed by atoms with Crippen LogP contribution in [0.25, 0.3) is 0 Å². The molecule has 0 unspecified atom stereocenters. The van der Waals surface area contributed by atoms with Gasteiger partial charge in [0.1, 0.15) is 29.4 Å². The van der Waals surface area contributed by atoms with Crippen molar-refractivity contribution in [3.63, 3.8) is 0 Å². The molecule has 422 valence electrons. The maximum Gasteiger partial charge on any atom is 0.198 e. The Labute approximate surface area is 462 Å². The molecule has 0 N–H and O–H groups in total. The second kappa shape index (κ2) is 26.8. The van der Waals surface area contributed by atoms with Gasteiger partial charge < -0.3 is 0 Å². The van der Waals surface area contributed by atoms with Crippen LogP contribution in [0.2, 0.25) is 20.1 Å². The fraction of sp³-hybridized carbons (Fsp3) is 0.176. The van der Waals surface area contributed by atoms with Crippen LogP contribution in [0, 0.1) is 93.1 Å². The van der Waals surface area contributed by atoms with Gasteiger partial charge in [-0.15, -0.1) is 21.9 Å². The Hall–Kier alpha value is -5.56. The van der Waals surface area contributed by atoms with E-state index in [1.54, 1.807) is 21.3 Å². The maximum atomic E-state index is 15.8. The van der Waals surface area contributed by atoms with Crippen molar-refractivity contribution in [2.24, 2.45) is 0 Å². The molecule has 7 aromatic rings. The van der Waals surface area contributed by atoms with Gasteiger partial charge in [-0.25, -0.2) is 70.2 Å². The van der Waals surface area contributed by atoms with Crippen molar-refractivity contribution < 1.29 is 98.7 Å². The molecule has 0 bridgehead atoms. The molecule has 0 aromatic heterocycles. The van der Waals surface area contributed by atoms with Crippen molar-refractivity contribution in [1.82, 2.24) is 0 Å². The Morgan fingerprint density at radius 3 is 0.722 bits per heavy atom. The van der Waals surface area contributed by atoms with Gasteiger partial charge in [0.15, 0.2) is 69.8 Å². The number of hydrogen-bond donors (Lipinski definition) is 0. The van der Waals surface area contributed by atoms with Crippen LogP contribution in [0.1, 0.15) is 0 Å². The van der Waals surface area contributed by atoms with Gasteiger partial charge in [-0.1, -0.05) is 46.4 Å². The molecule has 0 atom stereocenters. The molecule has 0 saturated heterocycles. The minimum Gasteiger partial charge on any atom is -0.207 e. The van der Waals surface area contributed by atoms with Crippen LogP contribution in [-0.4, -0.2) is 81.0 Å². The average Bonchev–Trinajstić information content (AvgIpc) is 3.63. The molecular formula is C51H33BCl4F16O6Se. The summed E-state index contributed by atoms with van der Waals surface area (Å²) in [5.74, 6) is -45.8. The first-order chi connectivity index (χ1) is 37.5. The van der Waals surface area contributed by atoms with E-state index in [0.29, 0.717) is 39.6 Å². The summed E-state index contributed by atoms with van der Waals surface area (Å²) >= 11 is 20.4. The predicted molar refractivity (Wildman–Crippen MR) is 266 cm³/mol. The summed E-state index contributed by atoms with van der Waals surface area (Å²) in [6.45, 7) is 2.99. The Morgan fingerprint density at radius 1 is 0.304 bits per heavy atom. The van der Waals surface area contributed by atoms with Crippen molar-refractivity contribution in [2.75, 3.05) is 61.0 Å². The Kier molecular flexibility index (Phi) is 21.3. The quantitative estimate of drug-likeness (QED) is 0.0265. The number of halogens is 20. The number of hydrogen-bond acceptors (Lipinski definition) is 6. The first-order valence-corrected chi connectivity index (χ1v) is 26.2. The molecule has 0 amide bonds. The Bertz CT molecular complexity index is 2900. The maximum absolute atomic E-state index is 15.8. The van der Waals surface area contributed by atoms with E-state index in [4.69, 9.17) is 74.8 Å². The molecule has 7 aromatic carbocycles. The van der Waals surface area contributed by atoms with E-state index < -0.39 is 155 Å². The van der Waals surface area contributed by atoms with E-state index in [9.17, 15) is 52.7 Å². The van der Waals surface area contributed by atoms with Gasteiger partial charge in [-0.05, 0) is 0 Å². The first-order valence-electron chi connectivity index (χ1n) is 22.1. The third-order valence-corrected chi connectivity index (χ3v) is 17.9. The van der Waals surface area contributed by atoms with E-state index in [0.717, 1.165) is 30.6 Å². The second-order valence-electron chi connectivity index (χ2n) is 16.0. The van der Waals surface area contributed by atoms with Crippen LogP contribution in [0.15, 0.2) is 72.8 Å². The summed E-state index contributed by atoms with van der Waals surface area (Å²) in [5, 5.41) is -9.69. The third-order valence-electron chi connectivity index (χ3n) is 11.5. The number of methoxy groups -OCH3 is 3. The molecular weight excluding hydrogens is 1240 g/mol. The van der Waals surface area contributed by atoms with E-state index in [2.05, 4.69) is 36.4 Å². The van der Waals surface area contributed by atoms with Crippen LogP contribution in [0.5, 0.6) is 17.2 Å². The number of benzene rings is 7. The molecule has 0 aliphatic rings. The molecule has 79 heavy (non-hydrogen) atoms. The van der Waals surface area contributed by atoms with E-state index in [1.165, 1.54) is 0 Å². The molecule has 0 radical (unpaired) electrons. The zero-order valence-corrected chi connectivity index (χ0v) is 44.9. The fourth-order valence-electron chi connectivity index (χ4n) is 8.15. The van der Waals surface area contributed by atoms with Gasteiger partial charge in [0.25, 0.3) is 0 Å². The molecule has 28 heteroatoms. The molecule has 0 aliphatic heterocycles. The molecule has 0 fully saturated rings. The molecule has 0 aliphatic carbocycles. The van der Waals surface area contributed by atoms with Crippen molar-refractivity contribution in [3.8, 4) is 17.2 Å². The van der Waals surface area contributed by atoms with Gasteiger partial charge in [0.2, 0.25) is 0 Å². The van der Waals surface area contributed by atoms with Crippen molar-refractivity contribution in [1.29, 1.82) is 0 Å². The zero-order valence-electron chi connectivity index (χ0n) is 40.2. The van der Waals surface area contributed by atoms with Gasteiger partial charge in [-0.3, -0.25) is 0 Å². The van der Waals surface area contributed by atoms with Crippen molar-refractivity contribution in [3.05, 3.63) is 186 Å². The monoisotopic (exact) mass is 1280 g/mol. The SMILES string of the molecule is COCCOc1ccccc1[Se+](c1ccccc1OCCOC)c1ccccc1OCCOC.Fc1c(F)c(F)c([B-](c2c(F)c(F)c(F)c(F)c2Cl)(c2c(F)c(F)c(F)c(F)c2Cl)c2c(F)c(F)c(F)c(F)c2Cl)c(Cl)c1F. The minimum absolute atomic E-state index is 0.477. The molecule has 0 spiro atoms. The summed E-state index contributed by atoms with van der Waals surface area (Å²) in [7, 11) is 5.02. The molecule has 0 saturated carbocycles. The average molecular weight is 1280 g/mol. The third kappa shape index (κ3) is 11.8. The Morgan fingerprint density at radius 2 is 0.506 bits per heavy atom. The van der Waals surface area contributed by atoms with E-state index in [1.807, 2.05) is 36.4 Å². The number of para-hydroxylation sites is 3. The largest absolute Gasteiger partial charge is 0.207 e. The summed E-state index contributed by atoms with van der Waals surface area (Å²) in [6, 6.07) is 24.6. The van der Waals surface area contributed by atoms with Crippen LogP contribution in [0.4, 0.5) is 70.2 Å². The van der Waals surface area contributed by atoms with Crippen molar-refractivity contribution in [2.45, 2.75) is 0 Å². The normalized spacial score (nSPS) is 11.5. The van der Waals surface area contributed by atoms with E-state index in [-0.39, 0.29) is 0 Å². The van der Waals surface area contributed by atoms with E-state index >= 15 is 17.6 Å². The predicted octanol–water partition coefficient (Wildman–Crippen LogP) is 10.2. The van der Waals surface area contributed by atoms with Crippen LogP contribution < -0.4 is 49.4 Å². The topological polar surface area (TPSA) is 55.4 Å². The van der Waals surface area contributed by atoms with Gasteiger partial charge in [0.05, 0.1) is 0 Å². The molecule has 7 rings (SSSR count). The smallest absolute Gasteiger partial charge is 0.198 e. The second-order valence-corrected chi connectivity index (χ2v) is 21.5. The first kappa shape index (κ1) is 62.6. The van der Waals surface area contributed by atoms with Crippen molar-refractivity contribution >= 4 is 102 Å². The van der Waals surface area contributed by atoms with Gasteiger partial charge >= 0.3 is 207 Å². The summed E-state index contributed by atoms with van der Waals surface area (Å²) in [6.07, 6.45) is -6.24. The summed E-state index contributed by atoms with van der Waals surface area (Å²) < 4.78 is 276. The zero-order chi connectivity index (χ0) is 58.4. The summed E-state index contributed by atoms with van der Waals surface area (Å²) in [4.78, 5) is 0. The molecule has 6 nitrogen and oxygen atoms in total. The number of rotatable bonds is 19. The molecule has 0 heterocycles. The van der Waals surface area contributed by atoms with Gasteiger partial charge in [0, 0.05) is 20.1 Å². The van der Waals surface area contributed by atoms with Crippen LogP contribution in [0.3, 0.4) is 0 Å². The summed E-state index contributed by atoms with van der Waals surface area (Å²) in [5.41, 5.74) is -10.7. The standard InChI is InChI=1S/C27H33O6Se.C24BCl4F16/c1-28-16-19-31-22-10-4-7-13-25(22)34(26-14-8-5-11-23(26)32-20-17-29-2)27-15-9-6-12-24(27)33-21-18-30-3;26-5-1(9(30)17(38)21(42)13(5)34)25(2-6(27)14(35)22(43)18(39)10(2)31,3-7(28)15(36)23(44)19(40)11(3)32)4-8(29)16(37)24(45)20(41)12(4)33/h4-15H,16-21H2,1-3H3;/q+1;-1.